The third kappa shape index (κ3) is 1.81. The maximum atomic E-state index is 13.3. The Morgan fingerprint density at radius 1 is 1.60 bits per heavy atom. The van der Waals surface area contributed by atoms with Gasteiger partial charge >= 0.3 is 5.69 Å². The molecule has 0 bridgehead atoms. The second-order valence-electron chi connectivity index (χ2n) is 2.75. The van der Waals surface area contributed by atoms with Crippen molar-refractivity contribution in [1.82, 2.24) is 0 Å². The fourth-order valence-corrected chi connectivity index (χ4v) is 1.11. The molecule has 1 aromatic rings. The van der Waals surface area contributed by atoms with Crippen LogP contribution in [0.15, 0.2) is 12.1 Å². The maximum Gasteiger partial charge on any atom is 0.316 e. The van der Waals surface area contributed by atoms with Gasteiger partial charge < -0.3 is 0 Å². The molecule has 1 aromatic carbocycles. The quantitative estimate of drug-likeness (QED) is 0.421. The van der Waals surface area contributed by atoms with Crippen LogP contribution in [0.4, 0.5) is 10.1 Å². The zero-order valence-electron chi connectivity index (χ0n) is 7.65. The number of halogens is 1. The smallest absolute Gasteiger partial charge is 0.294 e. The summed E-state index contributed by atoms with van der Waals surface area (Å²) in [6, 6.07) is 3.58. The lowest BCUT2D eigenvalue weighted by Gasteiger charge is -2.00. The monoisotopic (exact) mass is 208 g/mol. The molecule has 0 aliphatic carbocycles. The summed E-state index contributed by atoms with van der Waals surface area (Å²) in [4.78, 5) is 20.5. The van der Waals surface area contributed by atoms with E-state index in [1.165, 1.54) is 6.07 Å². The summed E-state index contributed by atoms with van der Waals surface area (Å²) in [5.74, 6) is -1.89. The van der Waals surface area contributed by atoms with Gasteiger partial charge in [0, 0.05) is 0 Å². The number of Topliss-reactive ketones (excluding diaryl/α,β-unsaturated/α-hetero) is 1. The zero-order chi connectivity index (χ0) is 11.6. The number of hydrogen-bond donors (Lipinski definition) is 0. The van der Waals surface area contributed by atoms with Crippen molar-refractivity contribution in [2.24, 2.45) is 0 Å². The number of nitro groups is 1. The number of ketones is 1. The first-order chi connectivity index (χ1) is 6.99. The minimum Gasteiger partial charge on any atom is -0.294 e. The number of benzene rings is 1. The summed E-state index contributed by atoms with van der Waals surface area (Å²) in [5.41, 5.74) is -1.73. The van der Waals surface area contributed by atoms with Gasteiger partial charge in [0.2, 0.25) is 5.82 Å². The van der Waals surface area contributed by atoms with Gasteiger partial charge in [-0.1, -0.05) is 0 Å². The maximum absolute atomic E-state index is 13.3. The molecule has 1 rings (SSSR count). The van der Waals surface area contributed by atoms with E-state index in [0.29, 0.717) is 0 Å². The Bertz CT molecular complexity index is 491. The fourth-order valence-electron chi connectivity index (χ4n) is 1.11. The molecule has 0 saturated heterocycles. The van der Waals surface area contributed by atoms with Crippen molar-refractivity contribution in [3.05, 3.63) is 39.2 Å². The van der Waals surface area contributed by atoms with Crippen molar-refractivity contribution < 1.29 is 14.1 Å². The molecule has 0 heterocycles. The van der Waals surface area contributed by atoms with E-state index in [1.807, 2.05) is 0 Å². The van der Waals surface area contributed by atoms with Crippen LogP contribution in [0.2, 0.25) is 0 Å². The highest BCUT2D eigenvalue weighted by Gasteiger charge is 2.25. The van der Waals surface area contributed by atoms with Gasteiger partial charge in [0.05, 0.1) is 16.1 Å². The molecule has 0 aliphatic rings. The molecule has 0 spiro atoms. The highest BCUT2D eigenvalue weighted by molar-refractivity contribution is 5.98. The van der Waals surface area contributed by atoms with E-state index in [-0.39, 0.29) is 5.56 Å². The Morgan fingerprint density at radius 2 is 2.20 bits per heavy atom. The molecule has 0 fully saturated rings. The summed E-state index contributed by atoms with van der Waals surface area (Å²) in [6.07, 6.45) is 0. The van der Waals surface area contributed by atoms with Gasteiger partial charge in [-0.2, -0.15) is 9.65 Å². The van der Waals surface area contributed by atoms with Crippen LogP contribution in [-0.4, -0.2) is 10.7 Å². The Hall–Kier alpha value is -2.29. The van der Waals surface area contributed by atoms with E-state index < -0.39 is 27.8 Å². The molecule has 0 radical (unpaired) electrons. The number of nitriles is 1. The van der Waals surface area contributed by atoms with Gasteiger partial charge in [0.1, 0.15) is 6.07 Å². The standard InChI is InChI=1S/C9H5FN2O3/c1-5(13)7-3-2-6(4-11)8(10)9(7)12(14)15/h2-3H,1H3. The number of nitrogens with zero attached hydrogens (tertiary/aromatic N) is 2. The molecule has 0 aromatic heterocycles. The lowest BCUT2D eigenvalue weighted by Crippen LogP contribution is -2.04. The number of rotatable bonds is 2. The average molecular weight is 208 g/mol. The first kappa shape index (κ1) is 10.8. The van der Waals surface area contributed by atoms with Crippen LogP contribution < -0.4 is 0 Å². The molecule has 0 aliphatic heterocycles. The summed E-state index contributed by atoms with van der Waals surface area (Å²) in [7, 11) is 0. The Balaban J connectivity index is 3.60. The van der Waals surface area contributed by atoms with Crippen LogP contribution in [0.25, 0.3) is 0 Å². The predicted molar refractivity (Wildman–Crippen MR) is 47.8 cm³/mol. The first-order valence-corrected chi connectivity index (χ1v) is 3.87. The van der Waals surface area contributed by atoms with Gasteiger partial charge in [-0.3, -0.25) is 14.9 Å². The van der Waals surface area contributed by atoms with Crippen molar-refractivity contribution >= 4 is 11.5 Å². The van der Waals surface area contributed by atoms with Gasteiger partial charge in [0.25, 0.3) is 0 Å². The van der Waals surface area contributed by atoms with Crippen LogP contribution in [0.5, 0.6) is 0 Å². The Labute approximate surface area is 83.9 Å². The van der Waals surface area contributed by atoms with Crippen molar-refractivity contribution in [2.45, 2.75) is 6.92 Å². The van der Waals surface area contributed by atoms with E-state index in [9.17, 15) is 19.3 Å². The second-order valence-corrected chi connectivity index (χ2v) is 2.75. The van der Waals surface area contributed by atoms with Crippen molar-refractivity contribution in [2.75, 3.05) is 0 Å². The van der Waals surface area contributed by atoms with Crippen LogP contribution >= 0.6 is 0 Å². The lowest BCUT2D eigenvalue weighted by molar-refractivity contribution is -0.387. The second kappa shape index (κ2) is 3.84. The molecular formula is C9H5FN2O3. The minimum atomic E-state index is -1.27. The third-order valence-corrected chi connectivity index (χ3v) is 1.80. The average Bonchev–Trinajstić information content (AvgIpc) is 2.16. The van der Waals surface area contributed by atoms with Gasteiger partial charge in [-0.15, -0.1) is 0 Å². The van der Waals surface area contributed by atoms with E-state index in [0.717, 1.165) is 19.1 Å². The SMILES string of the molecule is CC(=O)c1ccc(C#N)c(F)c1[N+](=O)[O-]. The molecule has 0 saturated carbocycles. The van der Waals surface area contributed by atoms with Crippen LogP contribution in [-0.2, 0) is 0 Å². The number of carbonyl (C=O) groups is 1. The van der Waals surface area contributed by atoms with E-state index >= 15 is 0 Å². The molecule has 0 N–H and O–H groups in total. The summed E-state index contributed by atoms with van der Waals surface area (Å²) in [5, 5.41) is 19.0. The largest absolute Gasteiger partial charge is 0.316 e. The number of nitro benzene ring substituents is 1. The minimum absolute atomic E-state index is 0.337. The van der Waals surface area contributed by atoms with Gasteiger partial charge in [-0.25, -0.2) is 0 Å². The van der Waals surface area contributed by atoms with Crippen LogP contribution in [0.3, 0.4) is 0 Å². The normalized spacial score (nSPS) is 9.40. The number of carbonyl (C=O) groups excluding carboxylic acids is 1. The molecule has 0 unspecified atom stereocenters. The van der Waals surface area contributed by atoms with Crippen LogP contribution in [0, 0.1) is 27.3 Å². The molecule has 5 nitrogen and oxygen atoms in total. The Kier molecular flexibility index (Phi) is 2.76. The van der Waals surface area contributed by atoms with E-state index in [1.54, 1.807) is 0 Å². The molecule has 6 heteroatoms. The first-order valence-electron chi connectivity index (χ1n) is 3.87. The summed E-state index contributed by atoms with van der Waals surface area (Å²) < 4.78 is 13.3. The predicted octanol–water partition coefficient (Wildman–Crippen LogP) is 1.81. The van der Waals surface area contributed by atoms with Crippen molar-refractivity contribution in [1.29, 1.82) is 5.26 Å². The van der Waals surface area contributed by atoms with Crippen LogP contribution in [0.1, 0.15) is 22.8 Å². The zero-order valence-corrected chi connectivity index (χ0v) is 7.65. The molecule has 76 valence electrons. The summed E-state index contributed by atoms with van der Waals surface area (Å²) in [6.45, 7) is 1.09. The van der Waals surface area contributed by atoms with Gasteiger partial charge in [0.15, 0.2) is 5.78 Å². The molecule has 15 heavy (non-hydrogen) atoms. The topological polar surface area (TPSA) is 84.0 Å². The summed E-state index contributed by atoms with van der Waals surface area (Å²) >= 11 is 0. The highest BCUT2D eigenvalue weighted by atomic mass is 19.1. The number of hydrogen-bond acceptors (Lipinski definition) is 4. The third-order valence-electron chi connectivity index (χ3n) is 1.80. The van der Waals surface area contributed by atoms with Crippen molar-refractivity contribution in [3.8, 4) is 6.07 Å². The Morgan fingerprint density at radius 3 is 2.60 bits per heavy atom. The van der Waals surface area contributed by atoms with E-state index in [4.69, 9.17) is 5.26 Å². The van der Waals surface area contributed by atoms with Gasteiger partial charge in [-0.05, 0) is 19.1 Å². The molecule has 0 amide bonds. The lowest BCUT2D eigenvalue weighted by atomic mass is 10.1. The molecular weight excluding hydrogens is 203 g/mol. The van der Waals surface area contributed by atoms with E-state index in [2.05, 4.69) is 0 Å². The molecule has 0 atom stereocenters. The highest BCUT2D eigenvalue weighted by Crippen LogP contribution is 2.25. The fraction of sp³-hybridized carbons (Fsp3) is 0.111. The van der Waals surface area contributed by atoms with Crippen molar-refractivity contribution in [3.63, 3.8) is 0 Å².